The molecule has 268 valence electrons. The van der Waals surface area contributed by atoms with Gasteiger partial charge in [0.2, 0.25) is 11.8 Å². The van der Waals surface area contributed by atoms with E-state index in [0.29, 0.717) is 24.9 Å². The normalized spacial score (nSPS) is 24.6. The molecule has 50 heavy (non-hydrogen) atoms. The van der Waals surface area contributed by atoms with Gasteiger partial charge in [-0.1, -0.05) is 42.5 Å². The zero-order valence-electron chi connectivity index (χ0n) is 29.3. The highest BCUT2D eigenvalue weighted by Crippen LogP contribution is 2.59. The number of amides is 3. The molecule has 2 N–H and O–H groups in total. The van der Waals surface area contributed by atoms with Crippen molar-refractivity contribution in [2.24, 2.45) is 11.8 Å². The fourth-order valence-corrected chi connectivity index (χ4v) is 7.91. The molecule has 2 bridgehead atoms. The van der Waals surface area contributed by atoms with E-state index in [1.807, 2.05) is 54.6 Å². The van der Waals surface area contributed by atoms with Crippen LogP contribution in [0.15, 0.2) is 79.9 Å². The lowest BCUT2D eigenvalue weighted by molar-refractivity contribution is -0.146. The summed E-state index contributed by atoms with van der Waals surface area (Å²) >= 11 is 0. The Bertz CT molecular complexity index is 1550. The quantitative estimate of drug-likeness (QED) is 0.188. The van der Waals surface area contributed by atoms with Gasteiger partial charge in [0.15, 0.2) is 0 Å². The molecule has 11 heteroatoms. The molecule has 0 radical (unpaired) electrons. The molecule has 7 atom stereocenters. The van der Waals surface area contributed by atoms with E-state index in [1.54, 1.807) is 24.0 Å². The van der Waals surface area contributed by atoms with Crippen LogP contribution in [0.5, 0.6) is 0 Å². The number of rotatable bonds is 17. The molecule has 3 aliphatic rings. The average Bonchev–Trinajstić information content (AvgIpc) is 3.79. The Morgan fingerprint density at radius 2 is 1.76 bits per heavy atom. The smallest absolute Gasteiger partial charge is 0.306 e. The summed E-state index contributed by atoms with van der Waals surface area (Å²) in [6.07, 6.45) is 4.24. The molecule has 2 aromatic rings. The maximum Gasteiger partial charge on any atom is 0.306 e. The minimum Gasteiger partial charge on any atom is -0.463 e. The third-order valence-electron chi connectivity index (χ3n) is 10.4. The Balaban J connectivity index is 1.45. The van der Waals surface area contributed by atoms with Crippen molar-refractivity contribution in [2.45, 2.75) is 76.3 Å². The number of carbonyl (C=O) groups is 4. The number of likely N-dealkylation sites (tertiary alicyclic amines) is 1. The van der Waals surface area contributed by atoms with E-state index in [4.69, 9.17) is 9.47 Å². The molecule has 3 saturated heterocycles. The topological polar surface area (TPSA) is 129 Å². The van der Waals surface area contributed by atoms with Gasteiger partial charge in [-0.2, -0.15) is 0 Å². The molecule has 0 aromatic heterocycles. The average molecular weight is 687 g/mol. The molecule has 3 heterocycles. The van der Waals surface area contributed by atoms with Gasteiger partial charge in [0, 0.05) is 37.4 Å². The van der Waals surface area contributed by atoms with Gasteiger partial charge in [-0.25, -0.2) is 0 Å². The number of benzene rings is 2. The number of hydrogen-bond donors (Lipinski definition) is 2. The van der Waals surface area contributed by atoms with Crippen molar-refractivity contribution >= 4 is 35.1 Å². The van der Waals surface area contributed by atoms with E-state index in [0.717, 1.165) is 24.3 Å². The lowest BCUT2D eigenvalue weighted by atomic mass is 9.70. The Labute approximate surface area is 294 Å². The van der Waals surface area contributed by atoms with Gasteiger partial charge >= 0.3 is 5.97 Å². The number of carbonyl (C=O) groups excluding carboxylic acids is 4. The van der Waals surface area contributed by atoms with Crippen molar-refractivity contribution in [2.75, 3.05) is 42.6 Å². The van der Waals surface area contributed by atoms with Crippen LogP contribution in [-0.4, -0.2) is 90.3 Å². The monoisotopic (exact) mass is 686 g/mol. The largest absolute Gasteiger partial charge is 0.463 e. The first-order chi connectivity index (χ1) is 24.1. The maximum absolute atomic E-state index is 14.8. The number of hydrogen-bond acceptors (Lipinski definition) is 8. The Hall–Kier alpha value is -4.48. The van der Waals surface area contributed by atoms with E-state index in [2.05, 4.69) is 37.2 Å². The number of esters is 1. The van der Waals surface area contributed by atoms with Crippen molar-refractivity contribution < 1.29 is 33.8 Å². The van der Waals surface area contributed by atoms with Gasteiger partial charge in [0.05, 0.1) is 36.6 Å². The van der Waals surface area contributed by atoms with Crippen LogP contribution in [0.4, 0.5) is 11.4 Å². The van der Waals surface area contributed by atoms with E-state index in [-0.39, 0.29) is 32.1 Å². The third-order valence-corrected chi connectivity index (χ3v) is 10.4. The van der Waals surface area contributed by atoms with Gasteiger partial charge in [0.1, 0.15) is 18.2 Å². The summed E-state index contributed by atoms with van der Waals surface area (Å²) in [5, 5.41) is 13.3. The standard InChI is InChI=1S/C39H50N4O7/c1-6-10-16-32(45)49-25-30(27-14-12-11-13-15-27)40-36(46)33-31-21-22-39(50-31)34(33)37(47)43(26(5)24-44)35(39)38(48)42(23-7-2)29-19-17-28(18-20-29)41(8-3)9-4/h6-7,11-15,17-20,26,30-31,33-35,44H,1-2,8-10,16,21-25H2,3-5H3,(H,40,46)/t26-,30-,31+,33-,34-,35+,39-/m1/s1. The van der Waals surface area contributed by atoms with Gasteiger partial charge in [0.25, 0.3) is 5.91 Å². The molecule has 3 fully saturated rings. The fourth-order valence-electron chi connectivity index (χ4n) is 7.91. The van der Waals surface area contributed by atoms with Crippen molar-refractivity contribution in [1.82, 2.24) is 10.2 Å². The molecular weight excluding hydrogens is 636 g/mol. The lowest BCUT2D eigenvalue weighted by Crippen LogP contribution is -2.58. The molecule has 3 aliphatic heterocycles. The number of allylic oxidation sites excluding steroid dienone is 1. The number of ether oxygens (including phenoxy) is 2. The van der Waals surface area contributed by atoms with E-state index in [1.165, 1.54) is 4.90 Å². The number of nitrogens with one attached hydrogen (secondary N) is 1. The van der Waals surface area contributed by atoms with Crippen LogP contribution in [-0.2, 0) is 28.7 Å². The molecule has 0 aliphatic carbocycles. The zero-order valence-corrected chi connectivity index (χ0v) is 29.3. The second-order valence-electron chi connectivity index (χ2n) is 13.2. The Morgan fingerprint density at radius 3 is 2.38 bits per heavy atom. The SMILES string of the molecule is C=CCCC(=O)OC[C@@H](NC(=O)[C@@H]1[C@@H]2CC[C@]3(O2)[C@H](C(=O)N(CC=C)c2ccc(N(CC)CC)cc2)N([C@H](C)CO)C(=O)[C@@H]13)c1ccccc1. The number of fused-ring (bicyclic) bond motifs is 1. The van der Waals surface area contributed by atoms with Gasteiger partial charge in [-0.3, -0.25) is 19.2 Å². The lowest BCUT2D eigenvalue weighted by Gasteiger charge is -2.38. The summed E-state index contributed by atoms with van der Waals surface area (Å²) in [6.45, 7) is 14.8. The zero-order chi connectivity index (χ0) is 36.0. The summed E-state index contributed by atoms with van der Waals surface area (Å²) in [5.74, 6) is -3.39. The highest BCUT2D eigenvalue weighted by Gasteiger charge is 2.75. The number of anilines is 2. The van der Waals surface area contributed by atoms with Crippen molar-refractivity contribution in [3.63, 3.8) is 0 Å². The molecule has 2 aromatic carbocycles. The van der Waals surface area contributed by atoms with Crippen LogP contribution in [0.25, 0.3) is 0 Å². The second kappa shape index (κ2) is 16.0. The van der Waals surface area contributed by atoms with Crippen LogP contribution >= 0.6 is 0 Å². The minimum absolute atomic E-state index is 0.0912. The molecule has 11 nitrogen and oxygen atoms in total. The van der Waals surface area contributed by atoms with Crippen LogP contribution in [0.2, 0.25) is 0 Å². The van der Waals surface area contributed by atoms with Crippen LogP contribution in [0, 0.1) is 11.8 Å². The van der Waals surface area contributed by atoms with Crippen LogP contribution in [0.1, 0.15) is 58.1 Å². The molecule has 0 unspecified atom stereocenters. The fraction of sp³-hybridized carbons (Fsp3) is 0.487. The first-order valence-corrected chi connectivity index (χ1v) is 17.7. The highest BCUT2D eigenvalue weighted by molar-refractivity contribution is 6.05. The second-order valence-corrected chi connectivity index (χ2v) is 13.2. The van der Waals surface area contributed by atoms with Gasteiger partial charge < -0.3 is 34.6 Å². The molecule has 3 amide bonds. The minimum atomic E-state index is -1.26. The van der Waals surface area contributed by atoms with Crippen molar-refractivity contribution in [1.29, 1.82) is 0 Å². The van der Waals surface area contributed by atoms with Crippen LogP contribution < -0.4 is 15.1 Å². The first-order valence-electron chi connectivity index (χ1n) is 17.7. The predicted octanol–water partition coefficient (Wildman–Crippen LogP) is 4.17. The summed E-state index contributed by atoms with van der Waals surface area (Å²) in [5.41, 5.74) is 1.15. The van der Waals surface area contributed by atoms with Crippen molar-refractivity contribution in [3.8, 4) is 0 Å². The maximum atomic E-state index is 14.8. The highest BCUT2D eigenvalue weighted by atomic mass is 16.5. The number of aliphatic hydroxyl groups is 1. The summed E-state index contributed by atoms with van der Waals surface area (Å²) < 4.78 is 12.2. The molecule has 1 spiro atoms. The summed E-state index contributed by atoms with van der Waals surface area (Å²) in [6, 6.07) is 14.5. The molecular formula is C39H50N4O7. The summed E-state index contributed by atoms with van der Waals surface area (Å²) in [4.78, 5) is 61.1. The van der Waals surface area contributed by atoms with E-state index in [9.17, 15) is 24.3 Å². The van der Waals surface area contributed by atoms with Crippen molar-refractivity contribution in [3.05, 3.63) is 85.5 Å². The Kier molecular flexibility index (Phi) is 11.8. The van der Waals surface area contributed by atoms with Gasteiger partial charge in [-0.05, 0) is 69.9 Å². The predicted molar refractivity (Wildman–Crippen MR) is 191 cm³/mol. The molecule has 0 saturated carbocycles. The van der Waals surface area contributed by atoms with E-state index >= 15 is 0 Å². The number of aliphatic hydroxyl groups excluding tert-OH is 1. The third kappa shape index (κ3) is 6.93. The van der Waals surface area contributed by atoms with E-state index < -0.39 is 59.5 Å². The van der Waals surface area contributed by atoms with Crippen LogP contribution in [0.3, 0.4) is 0 Å². The molecule has 5 rings (SSSR count). The Morgan fingerprint density at radius 1 is 1.08 bits per heavy atom. The number of nitrogens with zero attached hydrogens (tertiary/aromatic N) is 3. The van der Waals surface area contributed by atoms with Gasteiger partial charge in [-0.15, -0.1) is 13.2 Å². The summed E-state index contributed by atoms with van der Waals surface area (Å²) in [7, 11) is 0. The first kappa shape index (κ1) is 36.8.